The molecule has 94 valence electrons. The molecule has 0 atom stereocenters. The van der Waals surface area contributed by atoms with Gasteiger partial charge in [0, 0.05) is 13.0 Å². The van der Waals surface area contributed by atoms with E-state index in [9.17, 15) is 4.39 Å². The van der Waals surface area contributed by atoms with Gasteiger partial charge in [0.05, 0.1) is 6.61 Å². The predicted octanol–water partition coefficient (Wildman–Crippen LogP) is 2.91. The van der Waals surface area contributed by atoms with E-state index in [4.69, 9.17) is 10.5 Å². The summed E-state index contributed by atoms with van der Waals surface area (Å²) in [5.74, 6) is -0.0749. The fourth-order valence-corrected chi connectivity index (χ4v) is 1.71. The van der Waals surface area contributed by atoms with E-state index in [1.54, 1.807) is 12.1 Å². The number of hydrogen-bond donors (Lipinski definition) is 1. The lowest BCUT2D eigenvalue weighted by molar-refractivity contribution is 0.305. The Labute approximate surface area is 106 Å². The molecule has 0 aliphatic rings. The summed E-state index contributed by atoms with van der Waals surface area (Å²) < 4.78 is 19.0. The van der Waals surface area contributed by atoms with Crippen molar-refractivity contribution >= 4 is 0 Å². The van der Waals surface area contributed by atoms with E-state index in [0.29, 0.717) is 13.2 Å². The van der Waals surface area contributed by atoms with E-state index in [1.807, 2.05) is 30.3 Å². The van der Waals surface area contributed by atoms with Gasteiger partial charge in [0.2, 0.25) is 0 Å². The van der Waals surface area contributed by atoms with Crippen molar-refractivity contribution in [1.82, 2.24) is 0 Å². The summed E-state index contributed by atoms with van der Waals surface area (Å²) in [4.78, 5) is 0. The van der Waals surface area contributed by atoms with Gasteiger partial charge in [-0.15, -0.1) is 0 Å². The second-order valence-electron chi connectivity index (χ2n) is 4.05. The maximum Gasteiger partial charge on any atom is 0.165 e. The molecular formula is C15H16FNO. The zero-order valence-corrected chi connectivity index (χ0v) is 10.1. The Morgan fingerprint density at radius 2 is 1.78 bits per heavy atom. The molecule has 0 bridgehead atoms. The first-order valence-corrected chi connectivity index (χ1v) is 5.95. The van der Waals surface area contributed by atoms with Crippen LogP contribution in [0, 0.1) is 5.82 Å². The number of halogens is 1. The van der Waals surface area contributed by atoms with Crippen LogP contribution in [0.5, 0.6) is 5.75 Å². The zero-order valence-electron chi connectivity index (χ0n) is 10.1. The highest BCUT2D eigenvalue weighted by molar-refractivity contribution is 5.29. The largest absolute Gasteiger partial charge is 0.490 e. The van der Waals surface area contributed by atoms with Gasteiger partial charge in [-0.3, -0.25) is 0 Å². The molecule has 0 aromatic heterocycles. The summed E-state index contributed by atoms with van der Waals surface area (Å²) in [6.45, 7) is 0.796. The van der Waals surface area contributed by atoms with Crippen LogP contribution in [0.4, 0.5) is 4.39 Å². The smallest absolute Gasteiger partial charge is 0.165 e. The third kappa shape index (κ3) is 3.31. The van der Waals surface area contributed by atoms with Crippen LogP contribution in [0.3, 0.4) is 0 Å². The maximum absolute atomic E-state index is 13.6. The molecule has 0 saturated carbocycles. The number of hydrogen-bond acceptors (Lipinski definition) is 2. The molecule has 0 unspecified atom stereocenters. The molecule has 2 nitrogen and oxygen atoms in total. The lowest BCUT2D eigenvalue weighted by Crippen LogP contribution is -2.04. The Balaban J connectivity index is 1.91. The van der Waals surface area contributed by atoms with Crippen LogP contribution in [0.2, 0.25) is 0 Å². The summed E-state index contributed by atoms with van der Waals surface area (Å²) in [6, 6.07) is 14.8. The summed E-state index contributed by atoms with van der Waals surface area (Å²) in [7, 11) is 0. The molecule has 18 heavy (non-hydrogen) atoms. The molecule has 0 aliphatic carbocycles. The highest BCUT2D eigenvalue weighted by Crippen LogP contribution is 2.18. The van der Waals surface area contributed by atoms with Crippen molar-refractivity contribution in [2.45, 2.75) is 13.0 Å². The van der Waals surface area contributed by atoms with Crippen LogP contribution in [0.25, 0.3) is 0 Å². The molecule has 0 spiro atoms. The van der Waals surface area contributed by atoms with E-state index >= 15 is 0 Å². The first-order valence-electron chi connectivity index (χ1n) is 5.95. The van der Waals surface area contributed by atoms with Gasteiger partial charge in [-0.2, -0.15) is 0 Å². The highest BCUT2D eigenvalue weighted by Gasteiger charge is 2.04. The van der Waals surface area contributed by atoms with Crippen molar-refractivity contribution in [3.8, 4) is 5.75 Å². The van der Waals surface area contributed by atoms with Crippen molar-refractivity contribution in [2.24, 2.45) is 5.73 Å². The first-order chi connectivity index (χ1) is 8.79. The summed E-state index contributed by atoms with van der Waals surface area (Å²) >= 11 is 0. The standard InChI is InChI=1S/C15H16FNO/c16-14-10-13(11-17)6-7-15(14)18-9-8-12-4-2-1-3-5-12/h1-7,10H,8-9,11,17H2. The van der Waals surface area contributed by atoms with Crippen molar-refractivity contribution < 1.29 is 9.13 Å². The SMILES string of the molecule is NCc1ccc(OCCc2ccccc2)c(F)c1. The highest BCUT2D eigenvalue weighted by atomic mass is 19.1. The Hall–Kier alpha value is -1.87. The van der Waals surface area contributed by atoms with E-state index < -0.39 is 0 Å². The van der Waals surface area contributed by atoms with Gasteiger partial charge in [0.15, 0.2) is 11.6 Å². The lowest BCUT2D eigenvalue weighted by atomic mass is 10.2. The van der Waals surface area contributed by atoms with Crippen molar-refractivity contribution in [3.05, 3.63) is 65.5 Å². The Kier molecular flexibility index (Phi) is 4.31. The molecule has 0 saturated heterocycles. The van der Waals surface area contributed by atoms with Gasteiger partial charge in [-0.1, -0.05) is 36.4 Å². The van der Waals surface area contributed by atoms with Gasteiger partial charge in [0.25, 0.3) is 0 Å². The minimum atomic E-state index is -0.356. The first kappa shape index (κ1) is 12.6. The number of ether oxygens (including phenoxy) is 1. The number of benzene rings is 2. The summed E-state index contributed by atoms with van der Waals surface area (Å²) in [6.07, 6.45) is 0.763. The zero-order chi connectivity index (χ0) is 12.8. The van der Waals surface area contributed by atoms with E-state index in [0.717, 1.165) is 12.0 Å². The predicted molar refractivity (Wildman–Crippen MR) is 69.9 cm³/mol. The van der Waals surface area contributed by atoms with E-state index in [2.05, 4.69) is 0 Å². The summed E-state index contributed by atoms with van der Waals surface area (Å²) in [5, 5.41) is 0. The molecule has 0 heterocycles. The molecule has 0 amide bonds. The second kappa shape index (κ2) is 6.17. The maximum atomic E-state index is 13.6. The minimum Gasteiger partial charge on any atom is -0.490 e. The average Bonchev–Trinajstić information content (AvgIpc) is 2.42. The summed E-state index contributed by atoms with van der Waals surface area (Å²) in [5.41, 5.74) is 7.38. The van der Waals surface area contributed by atoms with Crippen molar-refractivity contribution in [2.75, 3.05) is 6.61 Å². The van der Waals surface area contributed by atoms with Crippen molar-refractivity contribution in [3.63, 3.8) is 0 Å². The normalized spacial score (nSPS) is 10.3. The molecule has 0 radical (unpaired) electrons. The van der Waals surface area contributed by atoms with Gasteiger partial charge >= 0.3 is 0 Å². The molecule has 3 heteroatoms. The Morgan fingerprint density at radius 3 is 2.44 bits per heavy atom. The Morgan fingerprint density at radius 1 is 1.00 bits per heavy atom. The topological polar surface area (TPSA) is 35.2 Å². The molecule has 2 aromatic carbocycles. The molecule has 2 aromatic rings. The quantitative estimate of drug-likeness (QED) is 0.879. The third-order valence-electron chi connectivity index (χ3n) is 2.72. The van der Waals surface area contributed by atoms with E-state index in [1.165, 1.54) is 11.6 Å². The number of nitrogens with two attached hydrogens (primary N) is 1. The molecular weight excluding hydrogens is 229 g/mol. The van der Waals surface area contributed by atoms with Gasteiger partial charge in [0.1, 0.15) is 0 Å². The van der Waals surface area contributed by atoms with Crippen LogP contribution in [0.1, 0.15) is 11.1 Å². The average molecular weight is 245 g/mol. The van der Waals surface area contributed by atoms with Crippen LogP contribution in [0.15, 0.2) is 48.5 Å². The van der Waals surface area contributed by atoms with E-state index in [-0.39, 0.29) is 11.6 Å². The third-order valence-corrected chi connectivity index (χ3v) is 2.72. The number of rotatable bonds is 5. The van der Waals surface area contributed by atoms with Crippen LogP contribution in [-0.2, 0) is 13.0 Å². The minimum absolute atomic E-state index is 0.281. The monoisotopic (exact) mass is 245 g/mol. The fraction of sp³-hybridized carbons (Fsp3) is 0.200. The molecule has 0 fully saturated rings. The molecule has 2 N–H and O–H groups in total. The lowest BCUT2D eigenvalue weighted by Gasteiger charge is -2.08. The van der Waals surface area contributed by atoms with Gasteiger partial charge in [-0.05, 0) is 23.3 Å². The Bertz CT molecular complexity index is 499. The van der Waals surface area contributed by atoms with Crippen LogP contribution >= 0.6 is 0 Å². The van der Waals surface area contributed by atoms with Crippen molar-refractivity contribution in [1.29, 1.82) is 0 Å². The fourth-order valence-electron chi connectivity index (χ4n) is 1.71. The van der Waals surface area contributed by atoms with Crippen LogP contribution in [-0.4, -0.2) is 6.61 Å². The van der Waals surface area contributed by atoms with Gasteiger partial charge < -0.3 is 10.5 Å². The second-order valence-corrected chi connectivity index (χ2v) is 4.05. The van der Waals surface area contributed by atoms with Gasteiger partial charge in [-0.25, -0.2) is 4.39 Å². The molecule has 2 rings (SSSR count). The molecule has 0 aliphatic heterocycles. The van der Waals surface area contributed by atoms with Crippen LogP contribution < -0.4 is 10.5 Å².